The molecule has 0 N–H and O–H groups in total. The number of rotatable bonds is 10. The molecule has 35 heavy (non-hydrogen) atoms. The summed E-state index contributed by atoms with van der Waals surface area (Å²) in [4.78, 5) is 0. The molecule has 0 nitrogen and oxygen atoms in total. The summed E-state index contributed by atoms with van der Waals surface area (Å²) in [6, 6.07) is 26.6. The van der Waals surface area contributed by atoms with Crippen molar-refractivity contribution in [3.8, 4) is 0 Å². The van der Waals surface area contributed by atoms with E-state index >= 15 is 0 Å². The molecule has 0 bridgehead atoms. The predicted molar refractivity (Wildman–Crippen MR) is 158 cm³/mol. The summed E-state index contributed by atoms with van der Waals surface area (Å²) in [5, 5.41) is 5.57. The zero-order chi connectivity index (χ0) is 25.3. The summed E-state index contributed by atoms with van der Waals surface area (Å²) in [7, 11) is 10.7. The van der Waals surface area contributed by atoms with E-state index in [0.717, 1.165) is 0 Å². The summed E-state index contributed by atoms with van der Waals surface area (Å²) in [6.45, 7) is 6.42. The Morgan fingerprint density at radius 1 is 0.657 bits per heavy atom. The average molecular weight is 589 g/mol. The molecule has 0 amide bonds. The second-order valence-electron chi connectivity index (χ2n) is 9.18. The van der Waals surface area contributed by atoms with Crippen molar-refractivity contribution in [2.24, 2.45) is 0 Å². The van der Waals surface area contributed by atoms with Gasteiger partial charge in [0, 0.05) is 0 Å². The quantitative estimate of drug-likeness (QED) is 0.128. The first-order chi connectivity index (χ1) is 17.1. The number of fused-ring (bicyclic) bond motifs is 2. The third-order valence-corrected chi connectivity index (χ3v) is 9.87. The third-order valence-electron chi connectivity index (χ3n) is 6.21. The molecule has 0 fully saturated rings. The van der Waals surface area contributed by atoms with Crippen molar-refractivity contribution in [1.29, 1.82) is 0 Å². The molecular formula is C32H42Cl2Zr-2. The standard InChI is InChI=1S/2C15H19.C2H4.2ClH.Zr/c2*1-2-3-4-5-8-13-11-14-9-6-7-10-15(14)12-13;1-2;;;/h2*6-7,9-12H,2-5,8H2,1H3;1H,2H3;2*1H;/q2*-1;;;;+2/p-2. The minimum atomic E-state index is -1.76. The molecule has 0 radical (unpaired) electrons. The fraction of sp³-hybridized carbons (Fsp3) is 0.406. The van der Waals surface area contributed by atoms with Crippen LogP contribution in [0.3, 0.4) is 0 Å². The van der Waals surface area contributed by atoms with Gasteiger partial charge in [-0.25, -0.2) is 0 Å². The molecule has 0 spiro atoms. The SMILES string of the molecule is CCCCCCc1cc2ccccc2[cH-]1.CCCCCCc1cc2ccccc2[cH-]1.C[CH]=[Zr]([Cl])[Cl]. The van der Waals surface area contributed by atoms with Gasteiger partial charge in [0.15, 0.2) is 0 Å². The van der Waals surface area contributed by atoms with Gasteiger partial charge in [-0.2, -0.15) is 12.1 Å². The molecule has 0 atom stereocenters. The summed E-state index contributed by atoms with van der Waals surface area (Å²) in [5.41, 5.74) is 3.01. The molecule has 4 rings (SSSR count). The Morgan fingerprint density at radius 3 is 1.40 bits per heavy atom. The van der Waals surface area contributed by atoms with Gasteiger partial charge < -0.3 is 0 Å². The van der Waals surface area contributed by atoms with Crippen LogP contribution in [0, 0.1) is 0 Å². The van der Waals surface area contributed by atoms with Gasteiger partial charge in [-0.15, -0.1) is 81.2 Å². The molecule has 0 aromatic heterocycles. The molecule has 0 saturated heterocycles. The average Bonchev–Trinajstić information content (AvgIpc) is 3.48. The van der Waals surface area contributed by atoms with Crippen molar-refractivity contribution in [2.75, 3.05) is 0 Å². The molecule has 3 heteroatoms. The molecule has 0 saturated carbocycles. The van der Waals surface area contributed by atoms with E-state index in [2.05, 4.69) is 86.6 Å². The van der Waals surface area contributed by atoms with Crippen molar-refractivity contribution in [2.45, 2.75) is 85.0 Å². The fourth-order valence-electron chi connectivity index (χ4n) is 4.23. The number of hydrogen-bond donors (Lipinski definition) is 0. The Hall–Kier alpha value is -1.01. The van der Waals surface area contributed by atoms with Crippen LogP contribution in [-0.2, 0) is 31.7 Å². The Morgan fingerprint density at radius 2 is 1.06 bits per heavy atom. The Bertz CT molecular complexity index is 967. The first-order valence-electron chi connectivity index (χ1n) is 13.3. The number of aryl methyl sites for hydroxylation is 2. The Kier molecular flexibility index (Phi) is 15.8. The maximum absolute atomic E-state index is 5.37. The molecule has 190 valence electrons. The fourth-order valence-corrected chi connectivity index (χ4v) is 4.23. The molecule has 0 aliphatic heterocycles. The van der Waals surface area contributed by atoms with E-state index < -0.39 is 18.9 Å². The topological polar surface area (TPSA) is 0 Å². The maximum atomic E-state index is 5.37. The molecule has 4 aromatic rings. The number of unbranched alkanes of at least 4 members (excludes halogenated alkanes) is 6. The second kappa shape index (κ2) is 18.3. The number of hydrogen-bond acceptors (Lipinski definition) is 0. The van der Waals surface area contributed by atoms with Crippen LogP contribution < -0.4 is 0 Å². The van der Waals surface area contributed by atoms with Crippen LogP contribution in [0.15, 0.2) is 72.8 Å². The molecule has 0 heterocycles. The van der Waals surface area contributed by atoms with Crippen molar-refractivity contribution < 1.29 is 18.9 Å². The van der Waals surface area contributed by atoms with E-state index in [1.165, 1.54) is 96.9 Å². The normalized spacial score (nSPS) is 10.4. The monoisotopic (exact) mass is 586 g/mol. The van der Waals surface area contributed by atoms with E-state index in [0.29, 0.717) is 0 Å². The van der Waals surface area contributed by atoms with Gasteiger partial charge in [0.2, 0.25) is 0 Å². The van der Waals surface area contributed by atoms with Crippen LogP contribution in [0.5, 0.6) is 0 Å². The molecule has 0 aliphatic carbocycles. The van der Waals surface area contributed by atoms with Crippen LogP contribution >= 0.6 is 17.0 Å². The van der Waals surface area contributed by atoms with Gasteiger partial charge in [0.1, 0.15) is 0 Å². The second-order valence-corrected chi connectivity index (χ2v) is 18.0. The van der Waals surface area contributed by atoms with Gasteiger partial charge >= 0.3 is 46.5 Å². The van der Waals surface area contributed by atoms with E-state index in [9.17, 15) is 0 Å². The third kappa shape index (κ3) is 12.2. The molecule has 4 aromatic carbocycles. The summed E-state index contributed by atoms with van der Waals surface area (Å²) in [5.74, 6) is 0. The summed E-state index contributed by atoms with van der Waals surface area (Å²) < 4.78 is 1.89. The molecule has 0 unspecified atom stereocenters. The van der Waals surface area contributed by atoms with Crippen LogP contribution in [0.4, 0.5) is 0 Å². The van der Waals surface area contributed by atoms with Gasteiger partial charge in [-0.1, -0.05) is 77.3 Å². The van der Waals surface area contributed by atoms with Gasteiger partial charge in [0.05, 0.1) is 0 Å². The van der Waals surface area contributed by atoms with Crippen molar-refractivity contribution in [1.82, 2.24) is 0 Å². The number of benzene rings is 2. The first kappa shape index (κ1) is 30.2. The van der Waals surface area contributed by atoms with Crippen LogP contribution in [0.25, 0.3) is 21.5 Å². The van der Waals surface area contributed by atoms with Gasteiger partial charge in [-0.05, 0) is 12.8 Å². The number of halogens is 2. The van der Waals surface area contributed by atoms with Crippen LogP contribution in [-0.4, -0.2) is 3.71 Å². The Labute approximate surface area is 228 Å². The van der Waals surface area contributed by atoms with Crippen molar-refractivity contribution >= 4 is 42.3 Å². The van der Waals surface area contributed by atoms with E-state index in [1.807, 2.05) is 10.6 Å². The summed E-state index contributed by atoms with van der Waals surface area (Å²) >= 11 is -1.76. The Balaban J connectivity index is 0.000000208. The predicted octanol–water partition coefficient (Wildman–Crippen LogP) is 11.1. The molecular weight excluding hydrogens is 546 g/mol. The van der Waals surface area contributed by atoms with Crippen molar-refractivity contribution in [3.63, 3.8) is 0 Å². The molecule has 0 aliphatic rings. The van der Waals surface area contributed by atoms with Crippen LogP contribution in [0.2, 0.25) is 0 Å². The van der Waals surface area contributed by atoms with Crippen LogP contribution in [0.1, 0.15) is 83.3 Å². The van der Waals surface area contributed by atoms with E-state index in [1.54, 1.807) is 0 Å². The van der Waals surface area contributed by atoms with Gasteiger partial charge in [-0.3, -0.25) is 0 Å². The van der Waals surface area contributed by atoms with E-state index in [-0.39, 0.29) is 0 Å². The zero-order valence-electron chi connectivity index (χ0n) is 21.8. The zero-order valence-corrected chi connectivity index (χ0v) is 25.8. The van der Waals surface area contributed by atoms with Crippen molar-refractivity contribution in [3.05, 3.63) is 83.9 Å². The van der Waals surface area contributed by atoms with E-state index in [4.69, 9.17) is 17.0 Å². The first-order valence-corrected chi connectivity index (χ1v) is 21.1. The van der Waals surface area contributed by atoms with Gasteiger partial charge in [0.25, 0.3) is 0 Å². The minimum absolute atomic E-state index is 1.24. The summed E-state index contributed by atoms with van der Waals surface area (Å²) in [6.07, 6.45) is 13.3.